The molecule has 0 bridgehead atoms. The maximum absolute atomic E-state index is 13.5. The number of nitrogens with two attached hydrogens (primary N) is 2. The zero-order valence-corrected chi connectivity index (χ0v) is 19.5. The smallest absolute Gasteiger partial charge is 0.243 e. The van der Waals surface area contributed by atoms with Gasteiger partial charge in [0.1, 0.15) is 23.6 Å². The average Bonchev–Trinajstić information content (AvgIpc) is 3.13. The summed E-state index contributed by atoms with van der Waals surface area (Å²) < 4.78 is 0. The fourth-order valence-electron chi connectivity index (χ4n) is 5.26. The summed E-state index contributed by atoms with van der Waals surface area (Å²) in [5.41, 5.74) is 11.9. The maximum atomic E-state index is 13.5. The van der Waals surface area contributed by atoms with Gasteiger partial charge in [-0.05, 0) is 35.5 Å². The first-order chi connectivity index (χ1) is 14.8. The molecule has 176 valence electrons. The van der Waals surface area contributed by atoms with Crippen LogP contribution in [0.2, 0.25) is 0 Å². The van der Waals surface area contributed by atoms with E-state index in [9.17, 15) is 19.2 Å². The topological polar surface area (TPSA) is 148 Å². The zero-order chi connectivity index (χ0) is 24.0. The molecule has 32 heavy (non-hydrogen) atoms. The first kappa shape index (κ1) is 24.1. The van der Waals surface area contributed by atoms with E-state index >= 15 is 0 Å². The Bertz CT molecular complexity index is 895. The van der Waals surface area contributed by atoms with Gasteiger partial charge in [0.05, 0.1) is 17.8 Å². The van der Waals surface area contributed by atoms with Crippen molar-refractivity contribution < 1.29 is 19.2 Å². The van der Waals surface area contributed by atoms with Gasteiger partial charge in [-0.2, -0.15) is 0 Å². The van der Waals surface area contributed by atoms with Gasteiger partial charge in [-0.25, -0.2) is 9.59 Å². The second-order valence-electron chi connectivity index (χ2n) is 11.0. The van der Waals surface area contributed by atoms with Gasteiger partial charge in [-0.3, -0.25) is 9.59 Å². The second kappa shape index (κ2) is 8.39. The number of hydrogen-bond acceptors (Lipinski definition) is 7. The molecular weight excluding hydrogens is 410 g/mol. The lowest BCUT2D eigenvalue weighted by Crippen LogP contribution is -2.58. The highest BCUT2D eigenvalue weighted by atomic mass is 16.2. The van der Waals surface area contributed by atoms with Crippen LogP contribution in [0.5, 0.6) is 0 Å². The number of nitrogens with zero attached hydrogens (tertiary/aromatic N) is 1. The molecule has 6 atom stereocenters. The third-order valence-corrected chi connectivity index (χ3v) is 7.62. The van der Waals surface area contributed by atoms with E-state index in [1.807, 2.05) is 26.7 Å². The van der Waals surface area contributed by atoms with Crippen LogP contribution in [0, 0.1) is 28.6 Å². The molecule has 6 N–H and O–H groups in total. The molecule has 0 spiro atoms. The largest absolute Gasteiger partial charge is 0.391 e. The van der Waals surface area contributed by atoms with Gasteiger partial charge < -0.3 is 27.0 Å². The van der Waals surface area contributed by atoms with Crippen LogP contribution in [-0.2, 0) is 19.2 Å². The molecule has 3 rings (SSSR count). The number of piperidine rings is 1. The first-order valence-corrected chi connectivity index (χ1v) is 11.2. The predicted octanol–water partition coefficient (Wildman–Crippen LogP) is -0.283. The van der Waals surface area contributed by atoms with Crippen molar-refractivity contribution in [2.75, 3.05) is 13.1 Å². The highest BCUT2D eigenvalue weighted by molar-refractivity contribution is 5.92. The van der Waals surface area contributed by atoms with E-state index in [-0.39, 0.29) is 47.1 Å². The van der Waals surface area contributed by atoms with E-state index in [0.717, 1.165) is 0 Å². The molecule has 3 aliphatic rings. The average molecular weight is 446 g/mol. The molecular formula is C23H35N5O4. The SMILES string of the molecule is CC(C)(C)[C@H](N)C(=O)N1C[C@H]2[C@@H]([C@H]1C(=O)N[C@@H](C[C@@H]1CCNC1=C=O)C(N)=C=O)C2(C)C. The number of amides is 2. The molecule has 0 aromatic heterocycles. The summed E-state index contributed by atoms with van der Waals surface area (Å²) in [4.78, 5) is 50.7. The molecule has 1 saturated carbocycles. The minimum Gasteiger partial charge on any atom is -0.391 e. The summed E-state index contributed by atoms with van der Waals surface area (Å²) in [5.74, 6) is 3.00. The van der Waals surface area contributed by atoms with Crippen LogP contribution in [0.25, 0.3) is 0 Å². The molecule has 0 unspecified atom stereocenters. The summed E-state index contributed by atoms with van der Waals surface area (Å²) in [6.07, 6.45) is 0.958. The van der Waals surface area contributed by atoms with Gasteiger partial charge in [0.25, 0.3) is 0 Å². The van der Waals surface area contributed by atoms with E-state index in [0.29, 0.717) is 25.2 Å². The maximum Gasteiger partial charge on any atom is 0.243 e. The third-order valence-electron chi connectivity index (χ3n) is 7.62. The number of nitrogens with one attached hydrogen (secondary N) is 2. The third kappa shape index (κ3) is 4.20. The summed E-state index contributed by atoms with van der Waals surface area (Å²) in [6, 6.07) is -2.21. The van der Waals surface area contributed by atoms with Crippen molar-refractivity contribution >= 4 is 23.7 Å². The Morgan fingerprint density at radius 1 is 1.31 bits per heavy atom. The molecule has 9 heteroatoms. The van der Waals surface area contributed by atoms with Crippen molar-refractivity contribution in [1.82, 2.24) is 15.5 Å². The number of rotatable bonds is 6. The quantitative estimate of drug-likeness (QED) is 0.411. The van der Waals surface area contributed by atoms with Crippen molar-refractivity contribution in [1.29, 1.82) is 0 Å². The van der Waals surface area contributed by atoms with Gasteiger partial charge >= 0.3 is 0 Å². The number of likely N-dealkylation sites (tertiary alicyclic amines) is 1. The molecule has 0 aromatic carbocycles. The predicted molar refractivity (Wildman–Crippen MR) is 119 cm³/mol. The number of hydrogen-bond donors (Lipinski definition) is 4. The van der Waals surface area contributed by atoms with Crippen molar-refractivity contribution in [3.8, 4) is 0 Å². The van der Waals surface area contributed by atoms with Gasteiger partial charge in [0, 0.05) is 19.0 Å². The van der Waals surface area contributed by atoms with Crippen molar-refractivity contribution in [2.24, 2.45) is 40.1 Å². The van der Waals surface area contributed by atoms with E-state index in [4.69, 9.17) is 11.5 Å². The van der Waals surface area contributed by atoms with E-state index in [2.05, 4.69) is 24.5 Å². The number of carbonyl (C=O) groups excluding carboxylic acids is 4. The summed E-state index contributed by atoms with van der Waals surface area (Å²) >= 11 is 0. The normalized spacial score (nSPS) is 29.8. The molecule has 2 amide bonds. The number of allylic oxidation sites excluding steroid dienone is 1. The van der Waals surface area contributed by atoms with Crippen molar-refractivity contribution in [3.05, 3.63) is 11.4 Å². The fourth-order valence-corrected chi connectivity index (χ4v) is 5.26. The summed E-state index contributed by atoms with van der Waals surface area (Å²) in [7, 11) is 0. The summed E-state index contributed by atoms with van der Waals surface area (Å²) in [5, 5.41) is 5.83. The standard InChI is InChI=1S/C23H35N5O4/c1-22(2,3)19(25)21(32)28-9-13-17(23(13,4)5)18(28)20(31)27-15(14(24)10-29)8-12-6-7-26-16(12)11-30/h12-13,15,17-19,26H,6-9,24-25H2,1-5H3,(H,27,31)/t12-,13-,15-,17-,18-,19+/m0/s1. The summed E-state index contributed by atoms with van der Waals surface area (Å²) in [6.45, 7) is 11.0. The van der Waals surface area contributed by atoms with Crippen LogP contribution < -0.4 is 22.1 Å². The van der Waals surface area contributed by atoms with Crippen LogP contribution in [0.4, 0.5) is 0 Å². The Hall–Kier alpha value is -2.60. The van der Waals surface area contributed by atoms with Crippen LogP contribution >= 0.6 is 0 Å². The van der Waals surface area contributed by atoms with Crippen molar-refractivity contribution in [2.45, 2.75) is 65.6 Å². The van der Waals surface area contributed by atoms with E-state index < -0.39 is 23.5 Å². The van der Waals surface area contributed by atoms with Crippen LogP contribution in [-0.4, -0.2) is 59.8 Å². The fraction of sp³-hybridized carbons (Fsp3) is 0.739. The minimum atomic E-state index is -0.789. The minimum absolute atomic E-state index is 0.0132. The van der Waals surface area contributed by atoms with Gasteiger partial charge in [-0.15, -0.1) is 0 Å². The first-order valence-electron chi connectivity index (χ1n) is 11.2. The molecule has 0 aromatic rings. The molecule has 3 fully saturated rings. The zero-order valence-electron chi connectivity index (χ0n) is 19.5. The highest BCUT2D eigenvalue weighted by Crippen LogP contribution is 2.65. The Morgan fingerprint density at radius 2 is 1.97 bits per heavy atom. The monoisotopic (exact) mass is 445 g/mol. The van der Waals surface area contributed by atoms with Gasteiger partial charge in [-0.1, -0.05) is 34.6 Å². The highest BCUT2D eigenvalue weighted by Gasteiger charge is 2.69. The lowest BCUT2D eigenvalue weighted by Gasteiger charge is -2.36. The van der Waals surface area contributed by atoms with Gasteiger partial charge in [0.15, 0.2) is 0 Å². The van der Waals surface area contributed by atoms with Crippen molar-refractivity contribution in [3.63, 3.8) is 0 Å². The Kier molecular flexibility index (Phi) is 6.31. The van der Waals surface area contributed by atoms with Crippen LogP contribution in [0.3, 0.4) is 0 Å². The molecule has 0 radical (unpaired) electrons. The second-order valence-corrected chi connectivity index (χ2v) is 11.0. The molecule has 2 heterocycles. The Labute approximate surface area is 189 Å². The molecule has 2 aliphatic heterocycles. The Balaban J connectivity index is 1.82. The van der Waals surface area contributed by atoms with E-state index in [1.165, 1.54) is 0 Å². The number of fused-ring (bicyclic) bond motifs is 1. The molecule has 9 nitrogen and oxygen atoms in total. The Morgan fingerprint density at radius 3 is 2.53 bits per heavy atom. The van der Waals surface area contributed by atoms with E-state index in [1.54, 1.807) is 10.8 Å². The van der Waals surface area contributed by atoms with Crippen LogP contribution in [0.1, 0.15) is 47.5 Å². The molecule has 1 aliphatic carbocycles. The lowest BCUT2D eigenvalue weighted by atomic mass is 9.86. The van der Waals surface area contributed by atoms with Gasteiger partial charge in [0.2, 0.25) is 11.8 Å². The lowest BCUT2D eigenvalue weighted by molar-refractivity contribution is -0.143. The van der Waals surface area contributed by atoms with Crippen LogP contribution in [0.15, 0.2) is 11.4 Å². The molecule has 2 saturated heterocycles. The number of carbonyl (C=O) groups is 2.